The van der Waals surface area contributed by atoms with Gasteiger partial charge >= 0.3 is 0 Å². The Bertz CT molecular complexity index is 226. The van der Waals surface area contributed by atoms with Crippen molar-refractivity contribution in [3.63, 3.8) is 0 Å². The molecule has 0 saturated carbocycles. The molecule has 4 heteroatoms. The lowest BCUT2D eigenvalue weighted by atomic mass is 10.0. The first-order valence-corrected chi connectivity index (χ1v) is 6.77. The van der Waals surface area contributed by atoms with Crippen molar-refractivity contribution in [2.75, 3.05) is 32.8 Å². The maximum Gasteiger partial charge on any atom is 0.0834 e. The molecular formula is C13H26N2O2. The standard InChI is InChI=1S/C13H26N2O2/c1-13(2,14)10-15-6-3-11(4-7-15)17-12-5-8-16-9-12/h11-12H,3-10,14H2,1-2H3. The number of ether oxygens (including phenoxy) is 2. The first-order chi connectivity index (χ1) is 8.03. The monoisotopic (exact) mass is 242 g/mol. The number of rotatable bonds is 4. The predicted molar refractivity (Wildman–Crippen MR) is 68.0 cm³/mol. The molecular weight excluding hydrogens is 216 g/mol. The molecule has 0 spiro atoms. The highest BCUT2D eigenvalue weighted by Crippen LogP contribution is 2.19. The summed E-state index contributed by atoms with van der Waals surface area (Å²) in [6.45, 7) is 9.03. The van der Waals surface area contributed by atoms with E-state index in [1.54, 1.807) is 0 Å². The van der Waals surface area contributed by atoms with Crippen molar-refractivity contribution >= 4 is 0 Å². The number of nitrogens with zero attached hydrogens (tertiary/aromatic N) is 1. The van der Waals surface area contributed by atoms with Crippen LogP contribution in [0.1, 0.15) is 33.1 Å². The van der Waals surface area contributed by atoms with Gasteiger partial charge in [0.2, 0.25) is 0 Å². The molecule has 0 radical (unpaired) electrons. The van der Waals surface area contributed by atoms with Gasteiger partial charge in [0.05, 0.1) is 18.8 Å². The molecule has 2 rings (SSSR count). The summed E-state index contributed by atoms with van der Waals surface area (Å²) in [4.78, 5) is 2.45. The molecule has 2 saturated heterocycles. The van der Waals surface area contributed by atoms with Crippen molar-refractivity contribution in [1.29, 1.82) is 0 Å². The predicted octanol–water partition coefficient (Wildman–Crippen LogP) is 0.994. The van der Waals surface area contributed by atoms with E-state index < -0.39 is 0 Å². The Morgan fingerprint density at radius 3 is 2.47 bits per heavy atom. The Balaban J connectivity index is 1.67. The second-order valence-electron chi connectivity index (χ2n) is 6.09. The average molecular weight is 242 g/mol. The van der Waals surface area contributed by atoms with Gasteiger partial charge in [0.25, 0.3) is 0 Å². The summed E-state index contributed by atoms with van der Waals surface area (Å²) in [5, 5.41) is 0. The van der Waals surface area contributed by atoms with Gasteiger partial charge in [-0.25, -0.2) is 0 Å². The van der Waals surface area contributed by atoms with Crippen LogP contribution in [0, 0.1) is 0 Å². The minimum atomic E-state index is -0.0903. The van der Waals surface area contributed by atoms with E-state index in [2.05, 4.69) is 18.7 Å². The van der Waals surface area contributed by atoms with Crippen molar-refractivity contribution in [3.05, 3.63) is 0 Å². The first-order valence-electron chi connectivity index (χ1n) is 6.77. The lowest BCUT2D eigenvalue weighted by Gasteiger charge is -2.36. The molecule has 0 bridgehead atoms. The van der Waals surface area contributed by atoms with Crippen molar-refractivity contribution < 1.29 is 9.47 Å². The van der Waals surface area contributed by atoms with Crippen molar-refractivity contribution in [3.8, 4) is 0 Å². The van der Waals surface area contributed by atoms with E-state index in [4.69, 9.17) is 15.2 Å². The van der Waals surface area contributed by atoms with Crippen LogP contribution in [-0.2, 0) is 9.47 Å². The van der Waals surface area contributed by atoms with Gasteiger partial charge in [0.15, 0.2) is 0 Å². The van der Waals surface area contributed by atoms with E-state index in [1.165, 1.54) is 0 Å². The lowest BCUT2D eigenvalue weighted by Crippen LogP contribution is -2.49. The normalized spacial score (nSPS) is 28.8. The molecule has 0 aromatic rings. The van der Waals surface area contributed by atoms with E-state index in [-0.39, 0.29) is 5.54 Å². The smallest absolute Gasteiger partial charge is 0.0834 e. The van der Waals surface area contributed by atoms with Gasteiger partial charge in [0, 0.05) is 31.8 Å². The minimum absolute atomic E-state index is 0.0903. The fourth-order valence-electron chi connectivity index (χ4n) is 2.67. The van der Waals surface area contributed by atoms with Crippen LogP contribution >= 0.6 is 0 Å². The highest BCUT2D eigenvalue weighted by atomic mass is 16.5. The van der Waals surface area contributed by atoms with Crippen LogP contribution in [0.2, 0.25) is 0 Å². The van der Waals surface area contributed by atoms with Crippen LogP contribution in [0.15, 0.2) is 0 Å². The van der Waals surface area contributed by atoms with E-state index in [0.29, 0.717) is 12.2 Å². The molecule has 1 atom stereocenters. The molecule has 0 aromatic carbocycles. The molecule has 2 aliphatic rings. The Kier molecular flexibility index (Phi) is 4.42. The molecule has 4 nitrogen and oxygen atoms in total. The topological polar surface area (TPSA) is 47.7 Å². The van der Waals surface area contributed by atoms with Crippen LogP contribution in [-0.4, -0.2) is 55.5 Å². The van der Waals surface area contributed by atoms with Gasteiger partial charge in [-0.05, 0) is 33.1 Å². The van der Waals surface area contributed by atoms with Crippen molar-refractivity contribution in [2.45, 2.75) is 50.9 Å². The second-order valence-corrected chi connectivity index (χ2v) is 6.09. The summed E-state index contributed by atoms with van der Waals surface area (Å²) >= 11 is 0. The summed E-state index contributed by atoms with van der Waals surface area (Å²) in [6.07, 6.45) is 4.10. The van der Waals surface area contributed by atoms with Gasteiger partial charge < -0.3 is 20.1 Å². The van der Waals surface area contributed by atoms with E-state index in [0.717, 1.165) is 52.1 Å². The fourth-order valence-corrected chi connectivity index (χ4v) is 2.67. The summed E-state index contributed by atoms with van der Waals surface area (Å²) in [5.74, 6) is 0. The Labute approximate surface area is 104 Å². The molecule has 2 heterocycles. The number of piperidine rings is 1. The average Bonchev–Trinajstić information content (AvgIpc) is 2.71. The largest absolute Gasteiger partial charge is 0.379 e. The zero-order chi connectivity index (χ0) is 12.3. The Morgan fingerprint density at radius 1 is 1.24 bits per heavy atom. The molecule has 0 aromatic heterocycles. The summed E-state index contributed by atoms with van der Waals surface area (Å²) < 4.78 is 11.4. The molecule has 0 amide bonds. The molecule has 17 heavy (non-hydrogen) atoms. The lowest BCUT2D eigenvalue weighted by molar-refractivity contribution is -0.0453. The van der Waals surface area contributed by atoms with Crippen LogP contribution in [0.3, 0.4) is 0 Å². The Morgan fingerprint density at radius 2 is 1.94 bits per heavy atom. The number of hydrogen-bond donors (Lipinski definition) is 1. The van der Waals surface area contributed by atoms with Crippen molar-refractivity contribution in [1.82, 2.24) is 4.90 Å². The van der Waals surface area contributed by atoms with E-state index in [9.17, 15) is 0 Å². The maximum absolute atomic E-state index is 6.05. The van der Waals surface area contributed by atoms with Crippen LogP contribution in [0.4, 0.5) is 0 Å². The van der Waals surface area contributed by atoms with Crippen molar-refractivity contribution in [2.24, 2.45) is 5.73 Å². The quantitative estimate of drug-likeness (QED) is 0.799. The third-order valence-corrected chi connectivity index (χ3v) is 3.44. The number of hydrogen-bond acceptors (Lipinski definition) is 4. The van der Waals surface area contributed by atoms with Crippen LogP contribution in [0.25, 0.3) is 0 Å². The van der Waals surface area contributed by atoms with Gasteiger partial charge in [0.1, 0.15) is 0 Å². The third-order valence-electron chi connectivity index (χ3n) is 3.44. The van der Waals surface area contributed by atoms with Crippen LogP contribution < -0.4 is 5.73 Å². The fraction of sp³-hybridized carbons (Fsp3) is 1.00. The summed E-state index contributed by atoms with van der Waals surface area (Å²) in [7, 11) is 0. The number of likely N-dealkylation sites (tertiary alicyclic amines) is 1. The zero-order valence-electron chi connectivity index (χ0n) is 11.2. The number of nitrogens with two attached hydrogens (primary N) is 1. The molecule has 2 N–H and O–H groups in total. The summed E-state index contributed by atoms with van der Waals surface area (Å²) in [5.41, 5.74) is 5.95. The maximum atomic E-state index is 6.05. The zero-order valence-corrected chi connectivity index (χ0v) is 11.2. The van der Waals surface area contributed by atoms with E-state index in [1.807, 2.05) is 0 Å². The summed E-state index contributed by atoms with van der Waals surface area (Å²) in [6, 6.07) is 0. The first kappa shape index (κ1) is 13.3. The molecule has 2 aliphatic heterocycles. The van der Waals surface area contributed by atoms with E-state index >= 15 is 0 Å². The Hall–Kier alpha value is -0.160. The second kappa shape index (κ2) is 5.65. The minimum Gasteiger partial charge on any atom is -0.379 e. The highest BCUT2D eigenvalue weighted by molar-refractivity contribution is 4.81. The molecule has 100 valence electrons. The molecule has 1 unspecified atom stereocenters. The van der Waals surface area contributed by atoms with Gasteiger partial charge in [-0.15, -0.1) is 0 Å². The van der Waals surface area contributed by atoms with Gasteiger partial charge in [-0.1, -0.05) is 0 Å². The third kappa shape index (κ3) is 4.54. The van der Waals surface area contributed by atoms with Gasteiger partial charge in [-0.2, -0.15) is 0 Å². The highest BCUT2D eigenvalue weighted by Gasteiger charge is 2.26. The molecule has 2 fully saturated rings. The van der Waals surface area contributed by atoms with Crippen LogP contribution in [0.5, 0.6) is 0 Å². The SMILES string of the molecule is CC(C)(N)CN1CCC(OC2CCOC2)CC1. The molecule has 0 aliphatic carbocycles. The van der Waals surface area contributed by atoms with Gasteiger partial charge in [-0.3, -0.25) is 0 Å².